The van der Waals surface area contributed by atoms with E-state index < -0.39 is 0 Å². The minimum atomic E-state index is 0.0528. The van der Waals surface area contributed by atoms with E-state index in [0.29, 0.717) is 24.4 Å². The second kappa shape index (κ2) is 8.81. The molecular weight excluding hydrogens is 328 g/mol. The number of hydrogen-bond acceptors (Lipinski definition) is 4. The fourth-order valence-corrected chi connectivity index (χ4v) is 3.23. The molecule has 3 rings (SSSR count). The van der Waals surface area contributed by atoms with Crippen molar-refractivity contribution in [2.24, 2.45) is 0 Å². The Bertz CT molecular complexity index is 724. The summed E-state index contributed by atoms with van der Waals surface area (Å²) in [5, 5.41) is 0. The van der Waals surface area contributed by atoms with Gasteiger partial charge in [0.05, 0.1) is 19.4 Å². The Hall–Kier alpha value is -2.40. The molecule has 0 unspecified atom stereocenters. The maximum Gasteiger partial charge on any atom is 0.253 e. The van der Waals surface area contributed by atoms with Gasteiger partial charge in [-0.15, -0.1) is 0 Å². The van der Waals surface area contributed by atoms with Crippen molar-refractivity contribution in [3.63, 3.8) is 0 Å². The van der Waals surface area contributed by atoms with Gasteiger partial charge in [0.1, 0.15) is 5.75 Å². The fourth-order valence-electron chi connectivity index (χ4n) is 3.23. The SMILES string of the molecule is CCN(C[C@H]1CCCCO1)C(=O)c1ccc(-c2cncc(OC)c2)cc1. The molecule has 5 nitrogen and oxygen atoms in total. The molecule has 1 amide bonds. The summed E-state index contributed by atoms with van der Waals surface area (Å²) in [5.74, 6) is 0.768. The van der Waals surface area contributed by atoms with Crippen LogP contribution in [-0.4, -0.2) is 48.7 Å². The third kappa shape index (κ3) is 4.41. The van der Waals surface area contributed by atoms with E-state index in [2.05, 4.69) is 4.98 Å². The Morgan fingerprint density at radius 3 is 2.69 bits per heavy atom. The molecule has 138 valence electrons. The van der Waals surface area contributed by atoms with Gasteiger partial charge in [-0.1, -0.05) is 12.1 Å². The molecule has 5 heteroatoms. The molecule has 1 aliphatic rings. The molecule has 1 saturated heterocycles. The van der Waals surface area contributed by atoms with Gasteiger partial charge in [-0.05, 0) is 49.9 Å². The summed E-state index contributed by atoms with van der Waals surface area (Å²) in [6.07, 6.45) is 6.96. The lowest BCUT2D eigenvalue weighted by molar-refractivity contribution is -0.00311. The highest BCUT2D eigenvalue weighted by molar-refractivity contribution is 5.94. The van der Waals surface area contributed by atoms with Gasteiger partial charge in [0.2, 0.25) is 0 Å². The van der Waals surface area contributed by atoms with Gasteiger partial charge in [0.15, 0.2) is 0 Å². The van der Waals surface area contributed by atoms with E-state index in [-0.39, 0.29) is 12.0 Å². The van der Waals surface area contributed by atoms with Crippen LogP contribution >= 0.6 is 0 Å². The van der Waals surface area contributed by atoms with E-state index in [9.17, 15) is 4.79 Å². The number of carbonyl (C=O) groups is 1. The summed E-state index contributed by atoms with van der Waals surface area (Å²) in [7, 11) is 1.62. The summed E-state index contributed by atoms with van der Waals surface area (Å²) >= 11 is 0. The summed E-state index contributed by atoms with van der Waals surface area (Å²) in [6.45, 7) is 4.16. The zero-order valence-electron chi connectivity index (χ0n) is 15.5. The monoisotopic (exact) mass is 354 g/mol. The molecule has 2 heterocycles. The second-order valence-corrected chi connectivity index (χ2v) is 6.52. The van der Waals surface area contributed by atoms with Crippen LogP contribution in [0.2, 0.25) is 0 Å². The van der Waals surface area contributed by atoms with E-state index in [1.54, 1.807) is 19.5 Å². The molecule has 1 aliphatic heterocycles. The lowest BCUT2D eigenvalue weighted by Crippen LogP contribution is -2.39. The number of hydrogen-bond donors (Lipinski definition) is 0. The van der Waals surface area contributed by atoms with E-state index in [1.165, 1.54) is 6.42 Å². The number of likely N-dealkylation sites (N-methyl/N-ethyl adjacent to an activating group) is 1. The van der Waals surface area contributed by atoms with Crippen LogP contribution < -0.4 is 4.74 Å². The first-order valence-corrected chi connectivity index (χ1v) is 9.21. The van der Waals surface area contributed by atoms with Crippen LogP contribution in [0, 0.1) is 0 Å². The highest BCUT2D eigenvalue weighted by Gasteiger charge is 2.21. The third-order valence-electron chi connectivity index (χ3n) is 4.78. The Morgan fingerprint density at radius 2 is 2.04 bits per heavy atom. The number of benzene rings is 1. The first-order chi connectivity index (χ1) is 12.7. The number of aromatic nitrogens is 1. The molecule has 0 radical (unpaired) electrons. The molecule has 1 aromatic carbocycles. The van der Waals surface area contributed by atoms with Crippen molar-refractivity contribution in [3.8, 4) is 16.9 Å². The van der Waals surface area contributed by atoms with Crippen molar-refractivity contribution in [3.05, 3.63) is 48.3 Å². The topological polar surface area (TPSA) is 51.7 Å². The van der Waals surface area contributed by atoms with E-state index >= 15 is 0 Å². The van der Waals surface area contributed by atoms with Crippen molar-refractivity contribution < 1.29 is 14.3 Å². The van der Waals surface area contributed by atoms with Crippen LogP contribution in [0.1, 0.15) is 36.5 Å². The number of nitrogens with zero attached hydrogens (tertiary/aromatic N) is 2. The summed E-state index contributed by atoms with van der Waals surface area (Å²) in [5.41, 5.74) is 2.67. The largest absolute Gasteiger partial charge is 0.495 e. The molecule has 1 atom stereocenters. The minimum Gasteiger partial charge on any atom is -0.495 e. The fraction of sp³-hybridized carbons (Fsp3) is 0.429. The van der Waals surface area contributed by atoms with Crippen LogP contribution in [0.4, 0.5) is 0 Å². The molecule has 2 aromatic rings. The standard InChI is InChI=1S/C21H26N2O3/c1-3-23(15-19-6-4-5-11-26-19)21(24)17-9-7-16(8-10-17)18-12-20(25-2)14-22-13-18/h7-10,12-14,19H,3-6,11,15H2,1-2H3/t19-/m1/s1. The number of pyridine rings is 1. The highest BCUT2D eigenvalue weighted by Crippen LogP contribution is 2.23. The lowest BCUT2D eigenvalue weighted by atomic mass is 10.0. The van der Waals surface area contributed by atoms with Crippen LogP contribution in [-0.2, 0) is 4.74 Å². The summed E-state index contributed by atoms with van der Waals surface area (Å²) in [6, 6.07) is 9.59. The zero-order chi connectivity index (χ0) is 18.4. The van der Waals surface area contributed by atoms with Gasteiger partial charge in [0, 0.05) is 37.0 Å². The quantitative estimate of drug-likeness (QED) is 0.792. The maximum absolute atomic E-state index is 12.8. The third-order valence-corrected chi connectivity index (χ3v) is 4.78. The number of rotatable bonds is 6. The first-order valence-electron chi connectivity index (χ1n) is 9.21. The maximum atomic E-state index is 12.8. The lowest BCUT2D eigenvalue weighted by Gasteiger charge is -2.29. The van der Waals surface area contributed by atoms with Crippen molar-refractivity contribution in [1.82, 2.24) is 9.88 Å². The van der Waals surface area contributed by atoms with Crippen LogP contribution in [0.15, 0.2) is 42.7 Å². The molecule has 0 saturated carbocycles. The predicted molar refractivity (Wildman–Crippen MR) is 101 cm³/mol. The van der Waals surface area contributed by atoms with Gasteiger partial charge < -0.3 is 14.4 Å². The van der Waals surface area contributed by atoms with Crippen molar-refractivity contribution in [1.29, 1.82) is 0 Å². The molecule has 0 spiro atoms. The predicted octanol–water partition coefficient (Wildman–Crippen LogP) is 3.79. The van der Waals surface area contributed by atoms with Crippen LogP contribution in [0.3, 0.4) is 0 Å². The van der Waals surface area contributed by atoms with Gasteiger partial charge in [-0.2, -0.15) is 0 Å². The first kappa shape index (κ1) is 18.4. The number of ether oxygens (including phenoxy) is 2. The van der Waals surface area contributed by atoms with E-state index in [1.807, 2.05) is 42.2 Å². The van der Waals surface area contributed by atoms with E-state index in [4.69, 9.17) is 9.47 Å². The molecule has 0 aliphatic carbocycles. The number of carbonyl (C=O) groups excluding carboxylic acids is 1. The Morgan fingerprint density at radius 1 is 1.23 bits per heavy atom. The molecular formula is C21H26N2O3. The molecule has 0 bridgehead atoms. The van der Waals surface area contributed by atoms with Crippen LogP contribution in [0.25, 0.3) is 11.1 Å². The second-order valence-electron chi connectivity index (χ2n) is 6.52. The molecule has 1 aromatic heterocycles. The average Bonchev–Trinajstić information content (AvgIpc) is 2.72. The Kier molecular flexibility index (Phi) is 6.23. The van der Waals surface area contributed by atoms with Gasteiger partial charge in [-0.3, -0.25) is 9.78 Å². The Balaban J connectivity index is 1.70. The van der Waals surface area contributed by atoms with Gasteiger partial charge >= 0.3 is 0 Å². The molecule has 1 fully saturated rings. The van der Waals surface area contributed by atoms with Crippen molar-refractivity contribution >= 4 is 5.91 Å². The molecule has 0 N–H and O–H groups in total. The average molecular weight is 354 g/mol. The summed E-state index contributed by atoms with van der Waals surface area (Å²) in [4.78, 5) is 18.9. The highest BCUT2D eigenvalue weighted by atomic mass is 16.5. The number of methoxy groups -OCH3 is 1. The van der Waals surface area contributed by atoms with Crippen molar-refractivity contribution in [2.75, 3.05) is 26.8 Å². The molecule has 26 heavy (non-hydrogen) atoms. The number of amides is 1. The zero-order valence-corrected chi connectivity index (χ0v) is 15.5. The van der Waals surface area contributed by atoms with E-state index in [0.717, 1.165) is 30.6 Å². The van der Waals surface area contributed by atoms with Crippen LogP contribution in [0.5, 0.6) is 5.75 Å². The van der Waals surface area contributed by atoms with Gasteiger partial charge in [0.25, 0.3) is 5.91 Å². The van der Waals surface area contributed by atoms with Crippen molar-refractivity contribution in [2.45, 2.75) is 32.3 Å². The minimum absolute atomic E-state index is 0.0528. The normalized spacial score (nSPS) is 16.9. The smallest absolute Gasteiger partial charge is 0.253 e. The summed E-state index contributed by atoms with van der Waals surface area (Å²) < 4.78 is 11.0. The van der Waals surface area contributed by atoms with Gasteiger partial charge in [-0.25, -0.2) is 0 Å². The Labute approximate surface area is 155 Å².